The topological polar surface area (TPSA) is 328 Å². The molecule has 0 fully saturated rings. The Hall–Kier alpha value is -15.3. The second-order valence-corrected chi connectivity index (χ2v) is 25.7. The largest absolute Gasteiger partial charge is 0.478 e. The van der Waals surface area contributed by atoms with E-state index in [4.69, 9.17) is 30.6 Å². The molecule has 1 aliphatic heterocycles. The molecule has 4 heterocycles. The highest BCUT2D eigenvalue weighted by Crippen LogP contribution is 2.38. The first-order chi connectivity index (χ1) is 52.3. The van der Waals surface area contributed by atoms with Crippen molar-refractivity contribution in [3.63, 3.8) is 0 Å². The highest BCUT2D eigenvalue weighted by Gasteiger charge is 2.35. The molecule has 0 atom stereocenters. The molecule has 0 radical (unpaired) electrons. The van der Waals surface area contributed by atoms with Crippen LogP contribution in [0, 0.1) is 0 Å². The maximum absolute atomic E-state index is 11.8. The number of tetrazole rings is 3. The lowest BCUT2D eigenvalue weighted by Crippen LogP contribution is -2.56. The zero-order chi connectivity index (χ0) is 74.4. The van der Waals surface area contributed by atoms with E-state index in [2.05, 4.69) is 0 Å². The van der Waals surface area contributed by atoms with E-state index in [0.717, 1.165) is 100 Å². The molecule has 12 aromatic carbocycles. The molecule has 108 heavy (non-hydrogen) atoms. The first-order valence-electron chi connectivity index (χ1n) is 33.7. The standard InChI is InChI=1S/C84H54N12O12/c97-79(98)61-25-7-52(8-26-61)70-37-67(38-71(43-70)53-9-27-62(28-10-53)80(99)100)49-1-19-58(20-2-49)76-85-91-46-93-87-77(59-21-3-50(4-22-59)68-39-72(54-11-29-63(30-12-54)81(101)102)44-73(40-68)55-13-31-64(32-14-55)82(103)104)89-95(93)48-96-90-78(88-94(96)47-92(91)86-76)60-23-5-51(6-24-60)69-41-74(56-15-33-65(34-16-56)83(105)106)45-75(42-69)57-17-35-66(36-18-57)84(107)108/h1-45H,46-48H2,(H3-3,97,98,99,100,101,102,103,104,105,106,107,108)/p+3. The average molecular weight is 1430 g/mol. The van der Waals surface area contributed by atoms with Crippen molar-refractivity contribution in [1.29, 1.82) is 0 Å². The summed E-state index contributed by atoms with van der Waals surface area (Å²) in [4.78, 5) is 80.9. The first-order valence-corrected chi connectivity index (χ1v) is 33.7. The zero-order valence-corrected chi connectivity index (χ0v) is 56.6. The Kier molecular flexibility index (Phi) is 17.3. The number of carboxylic acid groups (broad SMARTS) is 6. The number of benzene rings is 12. The predicted molar refractivity (Wildman–Crippen MR) is 394 cm³/mol. The van der Waals surface area contributed by atoms with Gasteiger partial charge < -0.3 is 30.6 Å². The van der Waals surface area contributed by atoms with Gasteiger partial charge in [0.2, 0.25) is 0 Å². The third-order valence-electron chi connectivity index (χ3n) is 18.8. The molecule has 6 N–H and O–H groups in total. The second-order valence-electron chi connectivity index (χ2n) is 25.7. The summed E-state index contributed by atoms with van der Waals surface area (Å²) in [7, 11) is 0. The van der Waals surface area contributed by atoms with Crippen LogP contribution in [0.25, 0.3) is 134 Å². The highest BCUT2D eigenvalue weighted by atomic mass is 16.4. The number of fused-ring (bicyclic) bond motifs is 3. The van der Waals surface area contributed by atoms with Gasteiger partial charge in [0, 0.05) is 14.4 Å². The van der Waals surface area contributed by atoms with E-state index < -0.39 is 35.8 Å². The molecule has 0 saturated carbocycles. The molecule has 522 valence electrons. The summed E-state index contributed by atoms with van der Waals surface area (Å²) in [5, 5.41) is 88.5. The van der Waals surface area contributed by atoms with E-state index in [0.29, 0.717) is 34.2 Å². The summed E-state index contributed by atoms with van der Waals surface area (Å²) in [6, 6.07) is 80.9. The average Bonchev–Trinajstić information content (AvgIpc) is 1.54. The molecule has 24 nitrogen and oxygen atoms in total. The molecule has 15 aromatic rings. The number of rotatable bonds is 18. The molecular formula is C84H57N12O12+3. The van der Waals surface area contributed by atoms with Crippen LogP contribution in [0.1, 0.15) is 62.1 Å². The summed E-state index contributed by atoms with van der Waals surface area (Å²) in [6.07, 6.45) is 0. The van der Waals surface area contributed by atoms with Crippen LogP contribution >= 0.6 is 0 Å². The normalized spacial score (nSPS) is 11.7. The van der Waals surface area contributed by atoms with Gasteiger partial charge in [-0.05, 0) is 294 Å². The number of nitrogens with zero attached hydrogens (tertiary/aromatic N) is 12. The second kappa shape index (κ2) is 27.8. The summed E-state index contributed by atoms with van der Waals surface area (Å²) in [5.74, 6) is -5.18. The Morgan fingerprint density at radius 1 is 0.204 bits per heavy atom. The van der Waals surface area contributed by atoms with Gasteiger partial charge in [0.1, 0.15) is 0 Å². The number of aromatic carboxylic acids is 6. The van der Waals surface area contributed by atoms with Gasteiger partial charge in [-0.3, -0.25) is 0 Å². The SMILES string of the molecule is O=C(O)c1ccc(-c2cc(-c3ccc(C(=O)O)cc3)cc(-c3ccc(-c4nn5[n+](n4)Cn4nc(-c6ccc(-c7cc(-c8ccc(C(=O)O)cc8)cc(-c8ccc(C(=O)O)cc8)c7)cc6)n[n+]4Cn4nc(-c6ccc(-c7cc(-c8ccc(C(=O)O)cc8)cc(-c8ccc(C(=O)O)cc8)c7)cc6)n[n+]4C5)cc3)c2)cc1. The van der Waals surface area contributed by atoms with Crippen LogP contribution in [0.4, 0.5) is 0 Å². The van der Waals surface area contributed by atoms with Gasteiger partial charge in [-0.15, -0.1) is 0 Å². The van der Waals surface area contributed by atoms with Crippen molar-refractivity contribution in [2.24, 2.45) is 0 Å². The Morgan fingerprint density at radius 2 is 0.333 bits per heavy atom. The van der Waals surface area contributed by atoms with Crippen molar-refractivity contribution in [2.75, 3.05) is 0 Å². The molecule has 0 spiro atoms. The van der Waals surface area contributed by atoms with Crippen molar-refractivity contribution in [2.45, 2.75) is 20.0 Å². The van der Waals surface area contributed by atoms with Gasteiger partial charge in [0.25, 0.3) is 20.0 Å². The minimum absolute atomic E-state index is 0.0208. The molecule has 1 aliphatic rings. The van der Waals surface area contributed by atoms with Crippen molar-refractivity contribution in [1.82, 2.24) is 45.0 Å². The van der Waals surface area contributed by atoms with Crippen molar-refractivity contribution >= 4 is 35.8 Å². The lowest BCUT2D eigenvalue weighted by atomic mass is 9.92. The fourth-order valence-electron chi connectivity index (χ4n) is 13.0. The maximum Gasteiger partial charge on any atom is 0.339 e. The van der Waals surface area contributed by atoms with Crippen molar-refractivity contribution in [3.8, 4) is 134 Å². The first kappa shape index (κ1) is 67.2. The third-order valence-corrected chi connectivity index (χ3v) is 18.8. The van der Waals surface area contributed by atoms with Gasteiger partial charge >= 0.3 is 53.3 Å². The smallest absolute Gasteiger partial charge is 0.339 e. The zero-order valence-electron chi connectivity index (χ0n) is 56.6. The van der Waals surface area contributed by atoms with Crippen LogP contribution in [0.5, 0.6) is 0 Å². The van der Waals surface area contributed by atoms with E-state index in [9.17, 15) is 59.4 Å². The van der Waals surface area contributed by atoms with Crippen molar-refractivity contribution < 1.29 is 73.8 Å². The summed E-state index contributed by atoms with van der Waals surface area (Å²) < 4.78 is 0. The van der Waals surface area contributed by atoms with Crippen LogP contribution in [0.2, 0.25) is 0 Å². The molecule has 3 aromatic heterocycles. The quantitative estimate of drug-likeness (QED) is 0.0435. The number of carboxylic acids is 6. The van der Waals surface area contributed by atoms with E-state index in [1.165, 1.54) is 0 Å². The molecule has 24 heteroatoms. The predicted octanol–water partition coefficient (Wildman–Crippen LogP) is 13.3. The van der Waals surface area contributed by atoms with Gasteiger partial charge in [-0.1, -0.05) is 109 Å². The number of hydrogen-bond donors (Lipinski definition) is 6. The fourth-order valence-corrected chi connectivity index (χ4v) is 13.0. The minimum atomic E-state index is -1.05. The maximum atomic E-state index is 11.8. The molecule has 0 unspecified atom stereocenters. The Bertz CT molecular complexity index is 5220. The van der Waals surface area contributed by atoms with Crippen LogP contribution in [0.3, 0.4) is 0 Å². The van der Waals surface area contributed by atoms with Crippen LogP contribution in [-0.2, 0) is 20.0 Å². The minimum Gasteiger partial charge on any atom is -0.478 e. The summed E-state index contributed by atoms with van der Waals surface area (Å²) in [5.41, 5.74) is 17.4. The molecular weight excluding hydrogens is 1370 g/mol. The highest BCUT2D eigenvalue weighted by molar-refractivity contribution is 5.94. The Balaban J connectivity index is 0.755. The monoisotopic (exact) mass is 1430 g/mol. The number of hydrogen-bond acceptors (Lipinski definition) is 12. The van der Waals surface area contributed by atoms with Crippen LogP contribution in [-0.4, -0.2) is 111 Å². The van der Waals surface area contributed by atoms with Crippen LogP contribution in [0.15, 0.2) is 273 Å². The molecule has 0 saturated heterocycles. The van der Waals surface area contributed by atoms with Gasteiger partial charge in [-0.25, -0.2) is 28.8 Å². The lowest BCUT2D eigenvalue weighted by molar-refractivity contribution is -0.898. The van der Waals surface area contributed by atoms with Crippen LogP contribution < -0.4 is 14.4 Å². The Labute approximate surface area is 612 Å². The van der Waals surface area contributed by atoms with Gasteiger partial charge in [-0.2, -0.15) is 0 Å². The van der Waals surface area contributed by atoms with Gasteiger partial charge in [0.15, 0.2) is 0 Å². The van der Waals surface area contributed by atoms with Gasteiger partial charge in [0.05, 0.1) is 65.4 Å². The van der Waals surface area contributed by atoms with E-state index >= 15 is 0 Å². The summed E-state index contributed by atoms with van der Waals surface area (Å²) >= 11 is 0. The molecule has 16 rings (SSSR count). The van der Waals surface area contributed by atoms with E-state index in [1.807, 2.05) is 127 Å². The molecule has 0 aliphatic carbocycles. The molecule has 0 bridgehead atoms. The fraction of sp³-hybridized carbons (Fsp3) is 0.0357. The van der Waals surface area contributed by atoms with E-state index in [-0.39, 0.29) is 53.4 Å². The molecule has 0 amide bonds. The number of aromatic nitrogens is 12. The third kappa shape index (κ3) is 13.7. The summed E-state index contributed by atoms with van der Waals surface area (Å²) in [6.45, 7) is 0.0625. The number of carbonyl (C=O) groups is 6. The lowest BCUT2D eigenvalue weighted by Gasteiger charge is -2.12. The van der Waals surface area contributed by atoms with Crippen molar-refractivity contribution in [3.05, 3.63) is 306 Å². The Morgan fingerprint density at radius 3 is 0.472 bits per heavy atom. The van der Waals surface area contributed by atoms with E-state index in [1.54, 1.807) is 174 Å².